The van der Waals surface area contributed by atoms with Crippen molar-refractivity contribution in [3.05, 3.63) is 77.7 Å². The Bertz CT molecular complexity index is 1720. The van der Waals surface area contributed by atoms with Crippen LogP contribution >= 0.6 is 59.4 Å². The zero-order chi connectivity index (χ0) is 31.6. The molecule has 2 atom stereocenters. The molecular weight excluding hydrogens is 866 g/mol. The van der Waals surface area contributed by atoms with Gasteiger partial charge in [-0.15, -0.1) is 11.6 Å². The third-order valence-electron chi connectivity index (χ3n) is 7.41. The molecule has 4 aromatic rings. The molecule has 0 amide bonds. The first-order chi connectivity index (χ1) is 21.3. The van der Waals surface area contributed by atoms with Gasteiger partial charge in [-0.2, -0.15) is 0 Å². The zero-order valence-electron chi connectivity index (χ0n) is 26.6. The molecule has 2 fully saturated rings. The fraction of sp³-hybridized carbons (Fsp3) is 0.414. The summed E-state index contributed by atoms with van der Waals surface area (Å²) < 4.78 is 3.78. The summed E-state index contributed by atoms with van der Waals surface area (Å²) in [5.41, 5.74) is 1.59. The second-order valence-electron chi connectivity index (χ2n) is 10.1. The second kappa shape index (κ2) is 22.1. The number of hydrogen-bond acceptors (Lipinski definition) is 9. The number of fused-ring (bicyclic) bond motifs is 5. The van der Waals surface area contributed by atoms with E-state index in [-0.39, 0.29) is 128 Å². The Morgan fingerprint density at radius 1 is 1.00 bits per heavy atom. The number of nitrogens with zero attached hydrogens (tertiary/aromatic N) is 4. The molecule has 2 saturated heterocycles. The van der Waals surface area contributed by atoms with Crippen LogP contribution in [0.1, 0.15) is 50.8 Å². The van der Waals surface area contributed by atoms with Gasteiger partial charge < -0.3 is 21.9 Å². The van der Waals surface area contributed by atoms with Crippen molar-refractivity contribution in [3.63, 3.8) is 0 Å². The Kier molecular flexibility index (Phi) is 20.8. The van der Waals surface area contributed by atoms with E-state index in [1.165, 1.54) is 6.42 Å². The molecule has 2 aromatic heterocycles. The van der Waals surface area contributed by atoms with Gasteiger partial charge in [0.1, 0.15) is 11.6 Å². The molecule has 0 aliphatic carbocycles. The minimum Gasteiger partial charge on any atom is -1.00 e. The van der Waals surface area contributed by atoms with Crippen molar-refractivity contribution in [3.8, 4) is 0 Å². The van der Waals surface area contributed by atoms with Gasteiger partial charge in [-0.05, 0) is 75.2 Å². The summed E-state index contributed by atoms with van der Waals surface area (Å²) in [6, 6.07) is 11.8. The van der Waals surface area contributed by atoms with E-state index in [2.05, 4.69) is 72.9 Å². The number of aromatic nitrogens is 4. The van der Waals surface area contributed by atoms with Gasteiger partial charge in [0.15, 0.2) is 0 Å². The van der Waals surface area contributed by atoms with Crippen LogP contribution in [0.4, 0.5) is 0 Å². The van der Waals surface area contributed by atoms with Gasteiger partial charge in [-0.1, -0.05) is 47.8 Å². The molecule has 11 nitrogen and oxygen atoms in total. The summed E-state index contributed by atoms with van der Waals surface area (Å²) in [5.74, 6) is 2.41. The van der Waals surface area contributed by atoms with Crippen molar-refractivity contribution in [1.29, 1.82) is 0 Å². The number of aromatic amines is 1. The molecule has 3 aliphatic heterocycles. The summed E-state index contributed by atoms with van der Waals surface area (Å²) in [7, 11) is 0. The number of benzene rings is 2. The van der Waals surface area contributed by atoms with E-state index in [9.17, 15) is 9.59 Å². The SMILES string of the molecule is ClCCBr.O=CO[O-].O=c1[nH]c(C2CCCN2)nc2cc(Br)ccc12.O=c1c2ccc(Br)cc2nc2n1CCN1CCCC21.[H-].[K+].[K+]. The van der Waals surface area contributed by atoms with Gasteiger partial charge in [0.25, 0.3) is 17.6 Å². The largest absolute Gasteiger partial charge is 1.00 e. The van der Waals surface area contributed by atoms with E-state index in [0.29, 0.717) is 17.3 Å². The zero-order valence-corrected chi connectivity index (χ0v) is 37.4. The van der Waals surface area contributed by atoms with Crippen LogP contribution in [-0.4, -0.2) is 61.7 Å². The summed E-state index contributed by atoms with van der Waals surface area (Å²) in [6.45, 7) is 3.69. The predicted octanol–water partition coefficient (Wildman–Crippen LogP) is -1.41. The maximum absolute atomic E-state index is 12.6. The Hall–Kier alpha value is 1.07. The van der Waals surface area contributed by atoms with Crippen LogP contribution in [0.15, 0.2) is 54.9 Å². The number of rotatable bonds is 3. The van der Waals surface area contributed by atoms with Crippen LogP contribution in [0.5, 0.6) is 0 Å². The normalized spacial score (nSPS) is 17.8. The summed E-state index contributed by atoms with van der Waals surface area (Å²) in [6.07, 6.45) is 4.48. The van der Waals surface area contributed by atoms with Crippen LogP contribution in [-0.2, 0) is 16.2 Å². The molecule has 2 unspecified atom stereocenters. The minimum atomic E-state index is -0.181. The van der Waals surface area contributed by atoms with Crippen LogP contribution in [0.2, 0.25) is 0 Å². The van der Waals surface area contributed by atoms with E-state index in [1.54, 1.807) is 6.07 Å². The maximum atomic E-state index is 12.6. The maximum Gasteiger partial charge on any atom is 1.00 e. The fourth-order valence-corrected chi connectivity index (χ4v) is 6.21. The number of hydrogen-bond donors (Lipinski definition) is 2. The molecule has 17 heteroatoms. The molecule has 3 aliphatic rings. The molecule has 46 heavy (non-hydrogen) atoms. The number of nitrogens with one attached hydrogen (secondary N) is 2. The molecule has 0 saturated carbocycles. The molecule has 0 radical (unpaired) electrons. The van der Waals surface area contributed by atoms with Crippen molar-refractivity contribution in [2.24, 2.45) is 0 Å². The predicted molar refractivity (Wildman–Crippen MR) is 180 cm³/mol. The smallest absolute Gasteiger partial charge is 1.00 e. The Morgan fingerprint density at radius 3 is 2.22 bits per heavy atom. The Morgan fingerprint density at radius 2 is 1.63 bits per heavy atom. The van der Waals surface area contributed by atoms with Gasteiger partial charge in [0.05, 0.1) is 33.9 Å². The van der Waals surface area contributed by atoms with E-state index in [4.69, 9.17) is 26.6 Å². The summed E-state index contributed by atoms with van der Waals surface area (Å²) in [5, 5.41) is 14.0. The molecule has 0 spiro atoms. The quantitative estimate of drug-likeness (QED) is 0.0835. The standard InChI is InChI=1S/C14H14BrN3O.C12H12BrN3O.C2H4BrCl.CH2O3.2K.H/c15-9-3-4-10-11(8-9)16-13-12-2-1-5-17(12)6-7-18(13)14(10)19;13-7-3-4-8-10(6-7)15-11(16-12(8)17)9-2-1-5-14-9;3-1-2-4;2-1-4-3;;;/h3-4,8,12H,1-2,5-7H2;3-4,6,9,14H,1-2,5H2,(H,15,16,17);1-2H2;1,3H;;;/q;;;;2*+1;-1/p-1. The van der Waals surface area contributed by atoms with Crippen molar-refractivity contribution in [1.82, 2.24) is 29.7 Å². The third kappa shape index (κ3) is 11.5. The first kappa shape index (κ1) is 43.2. The molecule has 5 heterocycles. The first-order valence-corrected chi connectivity index (χ1v) is 17.3. The van der Waals surface area contributed by atoms with Gasteiger partial charge in [0, 0.05) is 33.2 Å². The van der Waals surface area contributed by atoms with Crippen molar-refractivity contribution < 1.29 is 119 Å². The molecule has 7 rings (SSSR count). The molecule has 0 bridgehead atoms. The van der Waals surface area contributed by atoms with Crippen molar-refractivity contribution >= 4 is 87.7 Å². The van der Waals surface area contributed by atoms with Gasteiger partial charge in [-0.3, -0.25) is 23.9 Å². The molecule has 2 aromatic carbocycles. The van der Waals surface area contributed by atoms with Crippen LogP contribution in [0.25, 0.3) is 21.8 Å². The fourth-order valence-electron chi connectivity index (χ4n) is 5.51. The Balaban J connectivity index is 0.000000366. The average Bonchev–Trinajstić information content (AvgIpc) is 3.75. The molecular formula is C29H32Br3ClK2N6O5. The van der Waals surface area contributed by atoms with E-state index >= 15 is 0 Å². The molecule has 238 valence electrons. The van der Waals surface area contributed by atoms with E-state index in [0.717, 1.165) is 87.8 Å². The monoisotopic (exact) mass is 894 g/mol. The first-order valence-electron chi connectivity index (χ1n) is 14.0. The number of halogens is 4. The molecule has 2 N–H and O–H groups in total. The number of carbonyl (C=O) groups excluding carboxylic acids is 1. The van der Waals surface area contributed by atoms with Crippen LogP contribution < -0.4 is 124 Å². The average molecular weight is 898 g/mol. The van der Waals surface area contributed by atoms with Gasteiger partial charge >= 0.3 is 103 Å². The van der Waals surface area contributed by atoms with E-state index < -0.39 is 0 Å². The topological polar surface area (TPSA) is 145 Å². The van der Waals surface area contributed by atoms with E-state index in [1.807, 2.05) is 34.9 Å². The van der Waals surface area contributed by atoms with Crippen molar-refractivity contribution in [2.45, 2.75) is 44.3 Å². The van der Waals surface area contributed by atoms with Crippen molar-refractivity contribution in [2.75, 3.05) is 30.8 Å². The van der Waals surface area contributed by atoms with Crippen LogP contribution in [0.3, 0.4) is 0 Å². The number of carbonyl (C=O) groups is 1. The minimum absolute atomic E-state index is 0. The number of alkyl halides is 2. The van der Waals surface area contributed by atoms with Gasteiger partial charge in [-0.25, -0.2) is 9.97 Å². The van der Waals surface area contributed by atoms with Crippen LogP contribution in [0, 0.1) is 0 Å². The Labute approximate surface area is 383 Å². The second-order valence-corrected chi connectivity index (χ2v) is 13.1. The summed E-state index contributed by atoms with van der Waals surface area (Å²) in [4.78, 5) is 50.4. The third-order valence-corrected chi connectivity index (χ3v) is 9.44. The number of H-pyrrole nitrogens is 1. The summed E-state index contributed by atoms with van der Waals surface area (Å²) >= 11 is 15.1. The van der Waals surface area contributed by atoms with Gasteiger partial charge in [0.2, 0.25) is 0 Å².